The van der Waals surface area contributed by atoms with Crippen molar-refractivity contribution in [2.24, 2.45) is 11.8 Å². The Labute approximate surface area is 76.1 Å². The summed E-state index contributed by atoms with van der Waals surface area (Å²) in [6.07, 6.45) is 0. The molecule has 0 saturated heterocycles. The summed E-state index contributed by atoms with van der Waals surface area (Å²) in [5.74, 6) is 1.50. The summed E-state index contributed by atoms with van der Waals surface area (Å²) in [5, 5.41) is 0. The van der Waals surface area contributed by atoms with Crippen LogP contribution in [0.2, 0.25) is 6.04 Å². The molecule has 60 valence electrons. The van der Waals surface area contributed by atoms with Gasteiger partial charge in [-0.05, 0) is 11.8 Å². The van der Waals surface area contributed by atoms with Gasteiger partial charge >= 0.3 is 0 Å². The predicted molar refractivity (Wildman–Crippen MR) is 50.1 cm³/mol. The fraction of sp³-hybridized carbons (Fsp3) is 1.00. The van der Waals surface area contributed by atoms with E-state index in [0.29, 0.717) is 9.52 Å². The number of halogens is 2. The lowest BCUT2D eigenvalue weighted by Crippen LogP contribution is -2.11. The molecule has 0 aliphatic carbocycles. The van der Waals surface area contributed by atoms with Crippen LogP contribution in [0.5, 0.6) is 0 Å². The van der Waals surface area contributed by atoms with E-state index >= 15 is 0 Å². The second-order valence-electron chi connectivity index (χ2n) is 2.93. The van der Waals surface area contributed by atoms with Gasteiger partial charge in [-0.2, -0.15) is 0 Å². The molecule has 0 spiro atoms. The van der Waals surface area contributed by atoms with E-state index in [2.05, 4.69) is 20.8 Å². The molecular weight excluding hydrogens is 183 g/mol. The van der Waals surface area contributed by atoms with Crippen molar-refractivity contribution in [2.75, 3.05) is 0 Å². The highest BCUT2D eigenvalue weighted by Crippen LogP contribution is 2.16. The van der Waals surface area contributed by atoms with Crippen LogP contribution in [-0.4, -0.2) is 14.0 Å². The average molecular weight is 197 g/mol. The maximum Gasteiger partial charge on any atom is 0.0929 e. The molecule has 0 nitrogen and oxygen atoms in total. The third kappa shape index (κ3) is 5.57. The molecule has 1 atom stereocenters. The van der Waals surface area contributed by atoms with Gasteiger partial charge in [-0.15, -0.1) is 23.2 Å². The normalized spacial score (nSPS) is 14.7. The quantitative estimate of drug-likeness (QED) is 0.479. The summed E-state index contributed by atoms with van der Waals surface area (Å²) in [6, 6.07) is 1.16. The second kappa shape index (κ2) is 5.45. The van der Waals surface area contributed by atoms with E-state index < -0.39 is 0 Å². The molecule has 3 heteroatoms. The van der Waals surface area contributed by atoms with Crippen LogP contribution in [-0.2, 0) is 0 Å². The van der Waals surface area contributed by atoms with Gasteiger partial charge < -0.3 is 0 Å². The van der Waals surface area contributed by atoms with Crippen LogP contribution in [0.25, 0.3) is 0 Å². The van der Waals surface area contributed by atoms with E-state index in [1.54, 1.807) is 0 Å². The van der Waals surface area contributed by atoms with Crippen LogP contribution in [0.3, 0.4) is 0 Å². The van der Waals surface area contributed by atoms with Crippen LogP contribution in [0.15, 0.2) is 0 Å². The summed E-state index contributed by atoms with van der Waals surface area (Å²) in [5.41, 5.74) is 0. The van der Waals surface area contributed by atoms with Gasteiger partial charge in [0.1, 0.15) is 0 Å². The fourth-order valence-electron chi connectivity index (χ4n) is 0.511. The minimum absolute atomic E-state index is 0.152. The van der Waals surface area contributed by atoms with E-state index in [-0.39, 0.29) is 4.46 Å². The number of alkyl halides is 2. The lowest BCUT2D eigenvalue weighted by molar-refractivity contribution is 0.455. The van der Waals surface area contributed by atoms with E-state index in [9.17, 15) is 0 Å². The molecule has 0 saturated carbocycles. The van der Waals surface area contributed by atoms with E-state index in [1.165, 1.54) is 0 Å². The summed E-state index contributed by atoms with van der Waals surface area (Å²) in [4.78, 5) is 0. The van der Waals surface area contributed by atoms with Crippen molar-refractivity contribution in [1.82, 2.24) is 0 Å². The molecule has 0 aliphatic heterocycles. The second-order valence-corrected chi connectivity index (χ2v) is 6.15. The molecule has 0 aliphatic rings. The molecule has 0 heterocycles. The van der Waals surface area contributed by atoms with Gasteiger partial charge in [-0.3, -0.25) is 0 Å². The lowest BCUT2D eigenvalue weighted by Gasteiger charge is -2.14. The Hall–Kier alpha value is 0.797. The van der Waals surface area contributed by atoms with Crippen LogP contribution in [0.1, 0.15) is 20.8 Å². The first-order valence-electron chi connectivity index (χ1n) is 3.55. The zero-order valence-electron chi connectivity index (χ0n) is 6.70. The van der Waals surface area contributed by atoms with Gasteiger partial charge in [-0.1, -0.05) is 26.8 Å². The van der Waals surface area contributed by atoms with Crippen LogP contribution in [0, 0.1) is 11.8 Å². The number of hydrogen-bond acceptors (Lipinski definition) is 0. The molecule has 0 bridgehead atoms. The molecule has 1 unspecified atom stereocenters. The summed E-state index contributed by atoms with van der Waals surface area (Å²) >= 11 is 11.2. The van der Waals surface area contributed by atoms with Crippen molar-refractivity contribution >= 4 is 32.7 Å². The minimum atomic E-state index is -0.152. The van der Waals surface area contributed by atoms with E-state index in [1.807, 2.05) is 0 Å². The fourth-order valence-corrected chi connectivity index (χ4v) is 2.07. The Morgan fingerprint density at radius 2 is 1.70 bits per heavy atom. The Bertz CT molecular complexity index is 83.7. The third-order valence-electron chi connectivity index (χ3n) is 1.73. The topological polar surface area (TPSA) is 0 Å². The Morgan fingerprint density at radius 1 is 1.20 bits per heavy atom. The Morgan fingerprint density at radius 3 is 2.00 bits per heavy atom. The molecule has 0 fully saturated rings. The lowest BCUT2D eigenvalue weighted by atomic mass is 10.0. The van der Waals surface area contributed by atoms with Gasteiger partial charge in [0.15, 0.2) is 0 Å². The molecule has 0 amide bonds. The van der Waals surface area contributed by atoms with Gasteiger partial charge in [0.05, 0.1) is 14.0 Å². The van der Waals surface area contributed by atoms with Gasteiger partial charge in [-0.25, -0.2) is 0 Å². The largest absolute Gasteiger partial charge is 0.110 e. The monoisotopic (exact) mass is 196 g/mol. The average Bonchev–Trinajstić information content (AvgIpc) is 1.82. The molecule has 0 rings (SSSR count). The van der Waals surface area contributed by atoms with Crippen LogP contribution < -0.4 is 0 Å². The SMILES string of the molecule is CC(C)C(C)C[Si]C(Cl)Cl. The highest BCUT2D eigenvalue weighted by molar-refractivity contribution is 6.68. The molecule has 0 aromatic carbocycles. The molecule has 0 N–H and O–H groups in total. The zero-order valence-corrected chi connectivity index (χ0v) is 9.21. The van der Waals surface area contributed by atoms with Crippen molar-refractivity contribution in [3.63, 3.8) is 0 Å². The Balaban J connectivity index is 3.30. The molecule has 2 radical (unpaired) electrons. The number of hydrogen-bond donors (Lipinski definition) is 0. The maximum absolute atomic E-state index is 5.60. The highest BCUT2D eigenvalue weighted by Gasteiger charge is 2.09. The van der Waals surface area contributed by atoms with E-state index in [4.69, 9.17) is 23.2 Å². The zero-order chi connectivity index (χ0) is 8.15. The standard InChI is InChI=1S/C7H14Cl2Si/c1-5(2)6(3)4-10-7(8)9/h5-7H,4H2,1-3H3. The highest BCUT2D eigenvalue weighted by atomic mass is 35.5. The summed E-state index contributed by atoms with van der Waals surface area (Å²) in [6.45, 7) is 6.70. The van der Waals surface area contributed by atoms with Gasteiger partial charge in [0.25, 0.3) is 0 Å². The predicted octanol–water partition coefficient (Wildman–Crippen LogP) is 3.16. The number of rotatable bonds is 4. The van der Waals surface area contributed by atoms with Crippen molar-refractivity contribution in [2.45, 2.75) is 31.3 Å². The molecular formula is C7H14Cl2Si. The summed E-state index contributed by atoms with van der Waals surface area (Å²) in [7, 11) is 0.693. The molecule has 0 aromatic heterocycles. The van der Waals surface area contributed by atoms with Crippen molar-refractivity contribution in [3.05, 3.63) is 0 Å². The Kier molecular flexibility index (Phi) is 5.88. The van der Waals surface area contributed by atoms with Crippen LogP contribution >= 0.6 is 23.2 Å². The first kappa shape index (κ1) is 10.8. The smallest absolute Gasteiger partial charge is 0.0929 e. The first-order valence-corrected chi connectivity index (χ1v) is 5.71. The van der Waals surface area contributed by atoms with E-state index in [0.717, 1.165) is 17.9 Å². The third-order valence-corrected chi connectivity index (χ3v) is 3.85. The molecule has 0 aromatic rings. The maximum atomic E-state index is 5.60. The van der Waals surface area contributed by atoms with Gasteiger partial charge in [0.2, 0.25) is 0 Å². The molecule has 10 heavy (non-hydrogen) atoms. The minimum Gasteiger partial charge on any atom is -0.110 e. The first-order chi connectivity index (χ1) is 4.54. The van der Waals surface area contributed by atoms with Crippen molar-refractivity contribution in [1.29, 1.82) is 0 Å². The van der Waals surface area contributed by atoms with Crippen molar-refractivity contribution in [3.8, 4) is 0 Å². The van der Waals surface area contributed by atoms with Gasteiger partial charge in [0, 0.05) is 0 Å². The van der Waals surface area contributed by atoms with Crippen LogP contribution in [0.4, 0.5) is 0 Å². The summed E-state index contributed by atoms with van der Waals surface area (Å²) < 4.78 is -0.152. The van der Waals surface area contributed by atoms with Crippen molar-refractivity contribution < 1.29 is 0 Å².